The van der Waals surface area contributed by atoms with E-state index in [2.05, 4.69) is 9.97 Å². The van der Waals surface area contributed by atoms with Gasteiger partial charge in [-0.15, -0.1) is 11.3 Å². The zero-order chi connectivity index (χ0) is 16.4. The molecular formula is C16H12FN2O2S2-. The summed E-state index contributed by atoms with van der Waals surface area (Å²) in [6, 6.07) is 8.16. The van der Waals surface area contributed by atoms with Crippen molar-refractivity contribution in [3.8, 4) is 22.5 Å². The molecule has 3 aromatic rings. The standard InChI is InChI=1S/C16H13FN2O2S2/c1-10-19-15(8-22-10)13-3-2-6-18-16(13)11-4-5-12(9-23(20)21)14(17)7-11/h2-8H,9H2,1H3,(H,20,21)/p-1. The molecule has 0 fully saturated rings. The number of hydrogen-bond donors (Lipinski definition) is 0. The number of rotatable bonds is 4. The Hall–Kier alpha value is -1.96. The Kier molecular flexibility index (Phi) is 4.61. The fraction of sp³-hybridized carbons (Fsp3) is 0.125. The summed E-state index contributed by atoms with van der Waals surface area (Å²) in [6.07, 6.45) is 1.64. The summed E-state index contributed by atoms with van der Waals surface area (Å²) in [4.78, 5) is 8.79. The van der Waals surface area contributed by atoms with Gasteiger partial charge in [-0.05, 0) is 30.7 Å². The van der Waals surface area contributed by atoms with Crippen molar-refractivity contribution in [1.82, 2.24) is 9.97 Å². The maximum Gasteiger partial charge on any atom is 0.127 e. The lowest BCUT2D eigenvalue weighted by Gasteiger charge is -2.10. The summed E-state index contributed by atoms with van der Waals surface area (Å²) < 4.78 is 35.6. The Morgan fingerprint density at radius 1 is 1.35 bits per heavy atom. The van der Waals surface area contributed by atoms with Gasteiger partial charge in [-0.2, -0.15) is 0 Å². The zero-order valence-corrected chi connectivity index (χ0v) is 13.8. The normalized spacial score (nSPS) is 12.3. The lowest BCUT2D eigenvalue weighted by molar-refractivity contribution is 0.533. The second kappa shape index (κ2) is 6.66. The van der Waals surface area contributed by atoms with Crippen molar-refractivity contribution in [2.24, 2.45) is 0 Å². The minimum Gasteiger partial charge on any atom is -0.772 e. The molecule has 0 saturated heterocycles. The molecular weight excluding hydrogens is 335 g/mol. The van der Waals surface area contributed by atoms with Crippen molar-refractivity contribution in [3.05, 3.63) is 58.3 Å². The molecule has 0 aliphatic carbocycles. The van der Waals surface area contributed by atoms with E-state index in [1.165, 1.54) is 23.5 Å². The monoisotopic (exact) mass is 347 g/mol. The van der Waals surface area contributed by atoms with Crippen LogP contribution in [0, 0.1) is 12.7 Å². The molecule has 7 heteroatoms. The number of hydrogen-bond acceptors (Lipinski definition) is 5. The zero-order valence-electron chi connectivity index (χ0n) is 12.2. The highest BCUT2D eigenvalue weighted by Crippen LogP contribution is 2.31. The Bertz CT molecular complexity index is 880. The fourth-order valence-electron chi connectivity index (χ4n) is 2.27. The van der Waals surface area contributed by atoms with Crippen LogP contribution >= 0.6 is 11.3 Å². The van der Waals surface area contributed by atoms with E-state index in [4.69, 9.17) is 0 Å². The molecule has 2 heterocycles. The largest absolute Gasteiger partial charge is 0.772 e. The third-order valence-corrected chi connectivity index (χ3v) is 4.62. The summed E-state index contributed by atoms with van der Waals surface area (Å²) in [7, 11) is 0. The number of aryl methyl sites for hydroxylation is 1. The molecule has 0 N–H and O–H groups in total. The molecule has 1 aromatic carbocycles. The highest BCUT2D eigenvalue weighted by atomic mass is 32.2. The van der Waals surface area contributed by atoms with E-state index in [-0.39, 0.29) is 11.3 Å². The fourth-order valence-corrected chi connectivity index (χ4v) is 3.37. The van der Waals surface area contributed by atoms with Crippen LogP contribution in [0.25, 0.3) is 22.5 Å². The quantitative estimate of drug-likeness (QED) is 0.675. The van der Waals surface area contributed by atoms with E-state index in [9.17, 15) is 13.2 Å². The first-order chi connectivity index (χ1) is 11.0. The van der Waals surface area contributed by atoms with Gasteiger partial charge in [0.25, 0.3) is 0 Å². The van der Waals surface area contributed by atoms with Crippen LogP contribution in [-0.2, 0) is 16.8 Å². The van der Waals surface area contributed by atoms with E-state index >= 15 is 0 Å². The highest BCUT2D eigenvalue weighted by Gasteiger charge is 2.13. The van der Waals surface area contributed by atoms with Gasteiger partial charge in [-0.3, -0.25) is 9.19 Å². The SMILES string of the molecule is Cc1nc(-c2cccnc2-c2ccc(CS(=O)[O-])c(F)c2)cs1. The van der Waals surface area contributed by atoms with E-state index in [1.807, 2.05) is 18.4 Å². The van der Waals surface area contributed by atoms with Gasteiger partial charge in [0, 0.05) is 28.5 Å². The van der Waals surface area contributed by atoms with Crippen molar-refractivity contribution >= 4 is 22.4 Å². The lowest BCUT2D eigenvalue weighted by atomic mass is 10.0. The molecule has 1 atom stereocenters. The molecule has 0 aliphatic rings. The third-order valence-electron chi connectivity index (χ3n) is 3.30. The number of pyridine rings is 1. The molecule has 0 amide bonds. The molecule has 3 rings (SSSR count). The average molecular weight is 347 g/mol. The Labute approximate surface area is 139 Å². The van der Waals surface area contributed by atoms with E-state index in [1.54, 1.807) is 18.3 Å². The minimum atomic E-state index is -2.32. The van der Waals surface area contributed by atoms with Crippen LogP contribution in [0.2, 0.25) is 0 Å². The van der Waals surface area contributed by atoms with Gasteiger partial charge in [-0.1, -0.05) is 23.2 Å². The van der Waals surface area contributed by atoms with Crippen LogP contribution < -0.4 is 0 Å². The van der Waals surface area contributed by atoms with E-state index in [0.29, 0.717) is 11.3 Å². The second-order valence-electron chi connectivity index (χ2n) is 4.91. The van der Waals surface area contributed by atoms with Gasteiger partial charge in [0.2, 0.25) is 0 Å². The summed E-state index contributed by atoms with van der Waals surface area (Å²) >= 11 is -0.789. The Morgan fingerprint density at radius 3 is 2.83 bits per heavy atom. The topological polar surface area (TPSA) is 65.9 Å². The minimum absolute atomic E-state index is 0.143. The lowest BCUT2D eigenvalue weighted by Crippen LogP contribution is -1.98. The predicted octanol–water partition coefficient (Wildman–Crippen LogP) is 3.70. The smallest absolute Gasteiger partial charge is 0.127 e. The second-order valence-corrected chi connectivity index (χ2v) is 6.86. The molecule has 23 heavy (non-hydrogen) atoms. The maximum absolute atomic E-state index is 14.1. The highest BCUT2D eigenvalue weighted by molar-refractivity contribution is 7.78. The van der Waals surface area contributed by atoms with Crippen LogP contribution in [0.15, 0.2) is 41.9 Å². The number of aromatic nitrogens is 2. The van der Waals surface area contributed by atoms with Gasteiger partial charge in [-0.25, -0.2) is 9.37 Å². The third kappa shape index (κ3) is 3.52. The maximum atomic E-state index is 14.1. The van der Waals surface area contributed by atoms with Gasteiger partial charge in [0.05, 0.1) is 16.4 Å². The summed E-state index contributed by atoms with van der Waals surface area (Å²) in [5.41, 5.74) is 2.96. The van der Waals surface area contributed by atoms with E-state index < -0.39 is 16.9 Å². The molecule has 1 unspecified atom stereocenters. The molecule has 0 radical (unpaired) electrons. The van der Waals surface area contributed by atoms with E-state index in [0.717, 1.165) is 16.3 Å². The Balaban J connectivity index is 2.06. The van der Waals surface area contributed by atoms with Crippen LogP contribution in [0.4, 0.5) is 4.39 Å². The van der Waals surface area contributed by atoms with Gasteiger partial charge >= 0.3 is 0 Å². The van der Waals surface area contributed by atoms with Gasteiger partial charge < -0.3 is 4.55 Å². The molecule has 0 aliphatic heterocycles. The number of thiazole rings is 1. The first-order valence-electron chi connectivity index (χ1n) is 6.77. The summed E-state index contributed by atoms with van der Waals surface area (Å²) in [5.74, 6) is -0.898. The summed E-state index contributed by atoms with van der Waals surface area (Å²) in [5, 5.41) is 2.87. The number of benzene rings is 1. The molecule has 0 bridgehead atoms. The molecule has 4 nitrogen and oxygen atoms in total. The average Bonchev–Trinajstić information content (AvgIpc) is 2.95. The van der Waals surface area contributed by atoms with Crippen molar-refractivity contribution in [1.29, 1.82) is 0 Å². The molecule has 0 spiro atoms. The van der Waals surface area contributed by atoms with Crippen LogP contribution in [0.1, 0.15) is 10.6 Å². The number of halogens is 1. The number of nitrogens with zero attached hydrogens (tertiary/aromatic N) is 2. The van der Waals surface area contributed by atoms with Crippen molar-refractivity contribution in [3.63, 3.8) is 0 Å². The first-order valence-corrected chi connectivity index (χ1v) is 8.89. The van der Waals surface area contributed by atoms with Gasteiger partial charge in [0.1, 0.15) is 5.82 Å². The summed E-state index contributed by atoms with van der Waals surface area (Å²) in [6.45, 7) is 1.92. The molecule has 2 aromatic heterocycles. The predicted molar refractivity (Wildman–Crippen MR) is 88.1 cm³/mol. The van der Waals surface area contributed by atoms with Crippen molar-refractivity contribution < 1.29 is 13.2 Å². The molecule has 0 saturated carbocycles. The Morgan fingerprint density at radius 2 is 2.17 bits per heavy atom. The van der Waals surface area contributed by atoms with Gasteiger partial charge in [0.15, 0.2) is 0 Å². The van der Waals surface area contributed by atoms with Crippen LogP contribution in [0.3, 0.4) is 0 Å². The van der Waals surface area contributed by atoms with Crippen molar-refractivity contribution in [2.45, 2.75) is 12.7 Å². The molecule has 118 valence electrons. The van der Waals surface area contributed by atoms with Crippen molar-refractivity contribution in [2.75, 3.05) is 0 Å². The van der Waals surface area contributed by atoms with Crippen LogP contribution in [0.5, 0.6) is 0 Å². The van der Waals surface area contributed by atoms with Crippen LogP contribution in [-0.4, -0.2) is 18.7 Å². The first kappa shape index (κ1) is 15.9.